The molecule has 0 bridgehead atoms. The summed E-state index contributed by atoms with van der Waals surface area (Å²) < 4.78 is 0. The summed E-state index contributed by atoms with van der Waals surface area (Å²) in [6.07, 6.45) is 3.93. The molecule has 76 valence electrons. The number of nitrogens with zero attached hydrogens (tertiary/aromatic N) is 2. The fraction of sp³-hybridized carbons (Fsp3) is 0.455. The number of aromatic hydroxyl groups is 1. The molecule has 0 radical (unpaired) electrons. The first-order valence-electron chi connectivity index (χ1n) is 4.91. The summed E-state index contributed by atoms with van der Waals surface area (Å²) in [6.45, 7) is 7.67. The van der Waals surface area contributed by atoms with Crippen molar-refractivity contribution in [3.05, 3.63) is 29.7 Å². The molecule has 0 aliphatic rings. The van der Waals surface area contributed by atoms with E-state index in [-0.39, 0.29) is 5.88 Å². The van der Waals surface area contributed by atoms with E-state index in [9.17, 15) is 5.11 Å². The van der Waals surface area contributed by atoms with Crippen LogP contribution < -0.4 is 0 Å². The molecule has 0 atom stereocenters. The first-order chi connectivity index (χ1) is 6.72. The lowest BCUT2D eigenvalue weighted by molar-refractivity contribution is 0.439. The van der Waals surface area contributed by atoms with Gasteiger partial charge in [-0.05, 0) is 12.8 Å². The number of rotatable bonds is 4. The van der Waals surface area contributed by atoms with Gasteiger partial charge in [0.1, 0.15) is 5.69 Å². The standard InChI is InChI=1S/C11H16N2O/c1-4-7-10-11(14)13-9(6-3)8(5-2)12-10/h4H,1,5-7H2,2-3H3,(H,13,14). The third-order valence-electron chi connectivity index (χ3n) is 2.11. The quantitative estimate of drug-likeness (QED) is 0.742. The Kier molecular flexibility index (Phi) is 3.63. The topological polar surface area (TPSA) is 46.0 Å². The normalized spacial score (nSPS) is 10.1. The second-order valence-corrected chi connectivity index (χ2v) is 3.09. The minimum absolute atomic E-state index is 0.0407. The summed E-state index contributed by atoms with van der Waals surface area (Å²) in [6, 6.07) is 0. The Morgan fingerprint density at radius 2 is 1.71 bits per heavy atom. The van der Waals surface area contributed by atoms with Crippen molar-refractivity contribution < 1.29 is 5.11 Å². The summed E-state index contributed by atoms with van der Waals surface area (Å²) in [5, 5.41) is 9.55. The lowest BCUT2D eigenvalue weighted by Gasteiger charge is -2.07. The van der Waals surface area contributed by atoms with Gasteiger partial charge < -0.3 is 5.11 Å². The lowest BCUT2D eigenvalue weighted by Crippen LogP contribution is -2.03. The Morgan fingerprint density at radius 3 is 2.21 bits per heavy atom. The van der Waals surface area contributed by atoms with Crippen LogP contribution in [-0.2, 0) is 19.3 Å². The summed E-state index contributed by atoms with van der Waals surface area (Å²) in [4.78, 5) is 8.49. The fourth-order valence-corrected chi connectivity index (χ4v) is 1.37. The molecule has 1 N–H and O–H groups in total. The molecule has 0 aliphatic heterocycles. The molecule has 3 nitrogen and oxygen atoms in total. The molecule has 1 aromatic heterocycles. The Bertz CT molecular complexity index is 334. The monoisotopic (exact) mass is 192 g/mol. The molecule has 0 saturated heterocycles. The van der Waals surface area contributed by atoms with Crippen LogP contribution >= 0.6 is 0 Å². The van der Waals surface area contributed by atoms with E-state index in [0.717, 1.165) is 24.2 Å². The summed E-state index contributed by atoms with van der Waals surface area (Å²) in [5.74, 6) is 0.0407. The molecule has 0 aliphatic carbocycles. The molecule has 0 spiro atoms. The molecular weight excluding hydrogens is 176 g/mol. The fourth-order valence-electron chi connectivity index (χ4n) is 1.37. The highest BCUT2D eigenvalue weighted by Gasteiger charge is 2.09. The van der Waals surface area contributed by atoms with Crippen molar-refractivity contribution in [3.63, 3.8) is 0 Å². The van der Waals surface area contributed by atoms with Gasteiger partial charge in [-0.2, -0.15) is 0 Å². The molecule has 0 fully saturated rings. The predicted molar refractivity (Wildman–Crippen MR) is 56.4 cm³/mol. The van der Waals surface area contributed by atoms with E-state index in [2.05, 4.69) is 16.5 Å². The molecule has 1 aromatic rings. The van der Waals surface area contributed by atoms with E-state index in [1.807, 2.05) is 13.8 Å². The maximum Gasteiger partial charge on any atom is 0.233 e. The number of allylic oxidation sites excluding steroid dienone is 1. The van der Waals surface area contributed by atoms with Crippen LogP contribution in [0.15, 0.2) is 12.7 Å². The smallest absolute Gasteiger partial charge is 0.233 e. The van der Waals surface area contributed by atoms with Crippen LogP contribution in [0.1, 0.15) is 30.9 Å². The van der Waals surface area contributed by atoms with Gasteiger partial charge in [0.25, 0.3) is 0 Å². The summed E-state index contributed by atoms with van der Waals surface area (Å²) >= 11 is 0. The van der Waals surface area contributed by atoms with Gasteiger partial charge in [0.2, 0.25) is 5.88 Å². The number of hydrogen-bond acceptors (Lipinski definition) is 3. The number of hydrogen-bond donors (Lipinski definition) is 1. The molecule has 0 aromatic carbocycles. The van der Waals surface area contributed by atoms with E-state index in [0.29, 0.717) is 12.1 Å². The van der Waals surface area contributed by atoms with Crippen LogP contribution in [-0.4, -0.2) is 15.1 Å². The zero-order chi connectivity index (χ0) is 10.6. The summed E-state index contributed by atoms with van der Waals surface area (Å²) in [5.41, 5.74) is 2.48. The van der Waals surface area contributed by atoms with E-state index >= 15 is 0 Å². The number of aryl methyl sites for hydroxylation is 2. The van der Waals surface area contributed by atoms with E-state index in [1.165, 1.54) is 0 Å². The van der Waals surface area contributed by atoms with Crippen LogP contribution in [0.3, 0.4) is 0 Å². The van der Waals surface area contributed by atoms with Gasteiger partial charge in [0, 0.05) is 6.42 Å². The largest absolute Gasteiger partial charge is 0.492 e. The zero-order valence-electron chi connectivity index (χ0n) is 8.75. The minimum atomic E-state index is 0.0407. The van der Waals surface area contributed by atoms with Crippen molar-refractivity contribution in [2.75, 3.05) is 0 Å². The maximum absolute atomic E-state index is 9.55. The van der Waals surface area contributed by atoms with Crippen molar-refractivity contribution >= 4 is 0 Å². The van der Waals surface area contributed by atoms with E-state index in [4.69, 9.17) is 0 Å². The zero-order valence-corrected chi connectivity index (χ0v) is 8.75. The first-order valence-corrected chi connectivity index (χ1v) is 4.91. The highest BCUT2D eigenvalue weighted by Crippen LogP contribution is 2.16. The van der Waals surface area contributed by atoms with Gasteiger partial charge >= 0.3 is 0 Å². The van der Waals surface area contributed by atoms with Gasteiger partial charge in [-0.15, -0.1) is 6.58 Å². The highest BCUT2D eigenvalue weighted by molar-refractivity contribution is 5.25. The summed E-state index contributed by atoms with van der Waals surface area (Å²) in [7, 11) is 0. The average Bonchev–Trinajstić information content (AvgIpc) is 2.20. The minimum Gasteiger partial charge on any atom is -0.492 e. The Labute approximate surface area is 84.5 Å². The van der Waals surface area contributed by atoms with E-state index < -0.39 is 0 Å². The Balaban J connectivity index is 3.15. The van der Waals surface area contributed by atoms with Crippen LogP contribution in [0.2, 0.25) is 0 Å². The van der Waals surface area contributed by atoms with Gasteiger partial charge in [0.15, 0.2) is 0 Å². The second-order valence-electron chi connectivity index (χ2n) is 3.09. The van der Waals surface area contributed by atoms with Gasteiger partial charge in [-0.25, -0.2) is 4.98 Å². The molecule has 0 amide bonds. The highest BCUT2D eigenvalue weighted by atomic mass is 16.3. The number of aromatic nitrogens is 2. The molecule has 0 unspecified atom stereocenters. The SMILES string of the molecule is C=CCc1nc(CC)c(CC)nc1O. The van der Waals surface area contributed by atoms with Crippen LogP contribution in [0.25, 0.3) is 0 Å². The van der Waals surface area contributed by atoms with E-state index in [1.54, 1.807) is 6.08 Å². The first kappa shape index (κ1) is 10.7. The van der Waals surface area contributed by atoms with Crippen molar-refractivity contribution in [1.29, 1.82) is 0 Å². The molecular formula is C11H16N2O. The van der Waals surface area contributed by atoms with Crippen LogP contribution in [0.4, 0.5) is 0 Å². The van der Waals surface area contributed by atoms with Gasteiger partial charge in [-0.3, -0.25) is 4.98 Å². The van der Waals surface area contributed by atoms with Crippen LogP contribution in [0.5, 0.6) is 5.88 Å². The van der Waals surface area contributed by atoms with Crippen molar-refractivity contribution in [3.8, 4) is 5.88 Å². The van der Waals surface area contributed by atoms with Crippen molar-refractivity contribution in [2.45, 2.75) is 33.1 Å². The predicted octanol–water partition coefficient (Wildman–Crippen LogP) is 2.04. The van der Waals surface area contributed by atoms with Crippen molar-refractivity contribution in [1.82, 2.24) is 9.97 Å². The van der Waals surface area contributed by atoms with Gasteiger partial charge in [0.05, 0.1) is 11.4 Å². The molecule has 1 rings (SSSR count). The molecule has 14 heavy (non-hydrogen) atoms. The maximum atomic E-state index is 9.55. The lowest BCUT2D eigenvalue weighted by atomic mass is 10.2. The Hall–Kier alpha value is -1.38. The third-order valence-corrected chi connectivity index (χ3v) is 2.11. The molecule has 3 heteroatoms. The average molecular weight is 192 g/mol. The Morgan fingerprint density at radius 1 is 1.14 bits per heavy atom. The van der Waals surface area contributed by atoms with Crippen LogP contribution in [0, 0.1) is 0 Å². The third kappa shape index (κ3) is 2.10. The van der Waals surface area contributed by atoms with Crippen molar-refractivity contribution in [2.24, 2.45) is 0 Å². The second kappa shape index (κ2) is 4.74. The molecule has 1 heterocycles. The van der Waals surface area contributed by atoms with Gasteiger partial charge in [-0.1, -0.05) is 19.9 Å². The molecule has 0 saturated carbocycles.